The molecule has 0 aliphatic carbocycles. The molecule has 2 aromatic heterocycles. The van der Waals surface area contributed by atoms with Gasteiger partial charge in [-0.2, -0.15) is 4.52 Å². The second-order valence-electron chi connectivity index (χ2n) is 5.35. The number of carboxylic acids is 1. The molecule has 6 nitrogen and oxygen atoms in total. The quantitative estimate of drug-likeness (QED) is 0.616. The van der Waals surface area contributed by atoms with Crippen molar-refractivity contribution in [1.29, 1.82) is 0 Å². The van der Waals surface area contributed by atoms with E-state index in [4.69, 9.17) is 0 Å². The molecule has 0 radical (unpaired) electrons. The molecule has 6 heteroatoms. The van der Waals surface area contributed by atoms with Gasteiger partial charge < -0.3 is 5.11 Å². The summed E-state index contributed by atoms with van der Waals surface area (Å²) < 4.78 is 1.47. The summed E-state index contributed by atoms with van der Waals surface area (Å²) in [5.74, 6) is -1.05. The van der Waals surface area contributed by atoms with E-state index in [0.717, 1.165) is 22.0 Å². The molecule has 0 atom stereocenters. The number of pyridine rings is 1. The van der Waals surface area contributed by atoms with Gasteiger partial charge in [0.25, 0.3) is 0 Å². The van der Waals surface area contributed by atoms with Crippen LogP contribution in [-0.4, -0.2) is 31.1 Å². The Morgan fingerprint density at radius 2 is 1.83 bits per heavy atom. The summed E-state index contributed by atoms with van der Waals surface area (Å²) in [7, 11) is 0. The smallest absolute Gasteiger partial charge is 0.340 e. The van der Waals surface area contributed by atoms with E-state index in [-0.39, 0.29) is 11.2 Å². The summed E-state index contributed by atoms with van der Waals surface area (Å²) in [5.41, 5.74) is 3.70. The lowest BCUT2D eigenvalue weighted by Crippen LogP contribution is -2.06. The number of tetrazole rings is 1. The molecule has 0 saturated carbocycles. The summed E-state index contributed by atoms with van der Waals surface area (Å²) in [6.45, 7) is 1.99. The molecule has 0 aliphatic rings. The second-order valence-corrected chi connectivity index (χ2v) is 5.35. The molecule has 0 saturated heterocycles. The van der Waals surface area contributed by atoms with Crippen LogP contribution in [0, 0.1) is 6.92 Å². The van der Waals surface area contributed by atoms with E-state index >= 15 is 0 Å². The third-order valence-electron chi connectivity index (χ3n) is 3.90. The molecule has 0 aliphatic heterocycles. The Kier molecular flexibility index (Phi) is 2.84. The lowest BCUT2D eigenvalue weighted by atomic mass is 9.95. The van der Waals surface area contributed by atoms with Crippen molar-refractivity contribution >= 4 is 22.5 Å². The van der Waals surface area contributed by atoms with E-state index in [1.807, 2.05) is 55.5 Å². The summed E-state index contributed by atoms with van der Waals surface area (Å²) in [6.07, 6.45) is 0. The highest BCUT2D eigenvalue weighted by Gasteiger charge is 2.22. The number of aromatic carboxylic acids is 1. The number of nitrogens with zero attached hydrogens (tertiary/aromatic N) is 4. The average molecular weight is 304 g/mol. The first-order valence-corrected chi connectivity index (χ1v) is 7.10. The highest BCUT2D eigenvalue weighted by atomic mass is 16.4. The van der Waals surface area contributed by atoms with Gasteiger partial charge in [-0.25, -0.2) is 4.79 Å². The fraction of sp³-hybridized carbons (Fsp3) is 0.0588. The molecule has 0 spiro atoms. The molecule has 4 rings (SSSR count). The first-order valence-electron chi connectivity index (χ1n) is 7.10. The van der Waals surface area contributed by atoms with Crippen molar-refractivity contribution in [2.24, 2.45) is 0 Å². The second kappa shape index (κ2) is 4.88. The van der Waals surface area contributed by atoms with Crippen LogP contribution in [0.15, 0.2) is 48.5 Å². The minimum atomic E-state index is -1.05. The summed E-state index contributed by atoms with van der Waals surface area (Å²) in [5, 5.41) is 22.0. The maximum absolute atomic E-state index is 11.9. The highest BCUT2D eigenvalue weighted by molar-refractivity contribution is 6.11. The van der Waals surface area contributed by atoms with Crippen LogP contribution in [0.2, 0.25) is 0 Å². The molecule has 0 amide bonds. The van der Waals surface area contributed by atoms with Crippen LogP contribution in [0.1, 0.15) is 15.9 Å². The van der Waals surface area contributed by atoms with E-state index in [9.17, 15) is 9.90 Å². The predicted molar refractivity (Wildman–Crippen MR) is 85.4 cm³/mol. The van der Waals surface area contributed by atoms with Crippen LogP contribution >= 0.6 is 0 Å². The van der Waals surface area contributed by atoms with Crippen LogP contribution in [0.25, 0.3) is 27.7 Å². The normalized spacial score (nSPS) is 11.2. The number of aromatic nitrogens is 4. The zero-order valence-electron chi connectivity index (χ0n) is 12.3. The van der Waals surface area contributed by atoms with Gasteiger partial charge in [-0.05, 0) is 29.0 Å². The van der Waals surface area contributed by atoms with Crippen LogP contribution in [0.5, 0.6) is 0 Å². The molecule has 0 bridgehead atoms. The Hall–Kier alpha value is -3.28. The predicted octanol–water partition coefficient (Wildman–Crippen LogP) is 2.95. The Bertz CT molecular complexity index is 1050. The van der Waals surface area contributed by atoms with Crippen molar-refractivity contribution < 1.29 is 9.90 Å². The van der Waals surface area contributed by atoms with E-state index in [2.05, 4.69) is 15.5 Å². The fourth-order valence-electron chi connectivity index (χ4n) is 2.84. The topological polar surface area (TPSA) is 80.4 Å². The number of carbonyl (C=O) groups is 1. The maximum atomic E-state index is 11.9. The number of para-hydroxylation sites is 1. The monoisotopic (exact) mass is 304 g/mol. The van der Waals surface area contributed by atoms with Crippen molar-refractivity contribution in [3.63, 3.8) is 0 Å². The molecule has 23 heavy (non-hydrogen) atoms. The van der Waals surface area contributed by atoms with Crippen LogP contribution in [0.3, 0.4) is 0 Å². The van der Waals surface area contributed by atoms with E-state index in [0.29, 0.717) is 5.56 Å². The number of rotatable bonds is 2. The number of hydrogen-bond donors (Lipinski definition) is 1. The average Bonchev–Trinajstić information content (AvgIpc) is 3.03. The number of benzene rings is 2. The van der Waals surface area contributed by atoms with Gasteiger partial charge in [-0.1, -0.05) is 48.0 Å². The van der Waals surface area contributed by atoms with E-state index < -0.39 is 5.97 Å². The molecular formula is C17H12N4O2. The van der Waals surface area contributed by atoms with Crippen molar-refractivity contribution in [3.05, 3.63) is 59.7 Å². The van der Waals surface area contributed by atoms with Gasteiger partial charge >= 0.3 is 5.97 Å². The van der Waals surface area contributed by atoms with Crippen molar-refractivity contribution in [2.45, 2.75) is 6.92 Å². The third-order valence-corrected chi connectivity index (χ3v) is 3.90. The molecule has 1 N–H and O–H groups in total. The number of hydrogen-bond acceptors (Lipinski definition) is 4. The zero-order valence-corrected chi connectivity index (χ0v) is 12.3. The van der Waals surface area contributed by atoms with E-state index in [1.54, 1.807) is 0 Å². The molecule has 4 aromatic rings. The van der Waals surface area contributed by atoms with Gasteiger partial charge in [0, 0.05) is 10.9 Å². The number of aryl methyl sites for hydroxylation is 1. The number of fused-ring (bicyclic) bond motifs is 3. The first kappa shape index (κ1) is 13.4. The Labute approximate surface area is 131 Å². The lowest BCUT2D eigenvalue weighted by Gasteiger charge is -2.12. The molecule has 2 heterocycles. The van der Waals surface area contributed by atoms with Gasteiger partial charge in [0.15, 0.2) is 5.65 Å². The summed E-state index contributed by atoms with van der Waals surface area (Å²) >= 11 is 0. The van der Waals surface area contributed by atoms with Gasteiger partial charge in [-0.15, -0.1) is 5.10 Å². The highest BCUT2D eigenvalue weighted by Crippen LogP contribution is 2.34. The largest absolute Gasteiger partial charge is 0.478 e. The lowest BCUT2D eigenvalue weighted by molar-refractivity contribution is 0.0699. The molecule has 0 fully saturated rings. The van der Waals surface area contributed by atoms with Gasteiger partial charge in [0.1, 0.15) is 5.56 Å². The SMILES string of the molecule is Cc1ccc(-c2c(C(=O)O)c3nnnn3c3ccccc23)cc1. The van der Waals surface area contributed by atoms with Gasteiger partial charge in [0.2, 0.25) is 0 Å². The van der Waals surface area contributed by atoms with Gasteiger partial charge in [-0.3, -0.25) is 0 Å². The van der Waals surface area contributed by atoms with Crippen LogP contribution < -0.4 is 0 Å². The Balaban J connectivity index is 2.24. The van der Waals surface area contributed by atoms with E-state index in [1.165, 1.54) is 4.52 Å². The molecule has 0 unspecified atom stereocenters. The van der Waals surface area contributed by atoms with Gasteiger partial charge in [0.05, 0.1) is 5.52 Å². The number of carboxylic acid groups (broad SMARTS) is 1. The van der Waals surface area contributed by atoms with Crippen molar-refractivity contribution in [1.82, 2.24) is 20.0 Å². The molecular weight excluding hydrogens is 292 g/mol. The van der Waals surface area contributed by atoms with Crippen molar-refractivity contribution in [3.8, 4) is 11.1 Å². The van der Waals surface area contributed by atoms with Crippen LogP contribution in [-0.2, 0) is 0 Å². The molecule has 2 aromatic carbocycles. The fourth-order valence-corrected chi connectivity index (χ4v) is 2.84. The summed E-state index contributed by atoms with van der Waals surface area (Å²) in [4.78, 5) is 11.9. The minimum Gasteiger partial charge on any atom is -0.478 e. The molecule has 112 valence electrons. The zero-order chi connectivity index (χ0) is 16.0. The Morgan fingerprint density at radius 3 is 2.57 bits per heavy atom. The third kappa shape index (κ3) is 1.96. The summed E-state index contributed by atoms with van der Waals surface area (Å²) in [6, 6.07) is 15.3. The maximum Gasteiger partial charge on any atom is 0.340 e. The standard InChI is InChI=1S/C17H12N4O2/c1-10-6-8-11(9-7-10)14-12-4-2-3-5-13(12)21-16(18-19-20-21)15(14)17(22)23/h2-9H,1H3,(H,22,23). The van der Waals surface area contributed by atoms with Crippen molar-refractivity contribution in [2.75, 3.05) is 0 Å². The Morgan fingerprint density at radius 1 is 1.09 bits per heavy atom. The van der Waals surface area contributed by atoms with Crippen LogP contribution in [0.4, 0.5) is 0 Å². The first-order chi connectivity index (χ1) is 11.2. The minimum absolute atomic E-state index is 0.109.